The van der Waals surface area contributed by atoms with Crippen LogP contribution in [0, 0.1) is 11.3 Å². The molecular weight excluding hydrogens is 364 g/mol. The zero-order valence-corrected chi connectivity index (χ0v) is 16.0. The molecule has 0 radical (unpaired) electrons. The molecule has 4 aromatic rings. The molecule has 0 fully saturated rings. The van der Waals surface area contributed by atoms with Gasteiger partial charge in [-0.1, -0.05) is 36.4 Å². The molecule has 0 aliphatic rings. The molecular formula is C24H18N2O3. The maximum Gasteiger partial charge on any atom is 0.266 e. The molecule has 0 aliphatic carbocycles. The van der Waals surface area contributed by atoms with Crippen LogP contribution in [0.15, 0.2) is 71.5 Å². The molecule has 1 N–H and O–H groups in total. The number of ether oxygens (including phenoxy) is 2. The molecule has 0 saturated carbocycles. The average Bonchev–Trinajstić information content (AvgIpc) is 2.77. The number of hydrogen-bond donors (Lipinski definition) is 1. The van der Waals surface area contributed by atoms with Crippen molar-refractivity contribution in [3.05, 3.63) is 82.6 Å². The van der Waals surface area contributed by atoms with E-state index in [0.717, 1.165) is 16.3 Å². The summed E-state index contributed by atoms with van der Waals surface area (Å²) >= 11 is 0. The van der Waals surface area contributed by atoms with Crippen LogP contribution in [-0.2, 0) is 0 Å². The average molecular weight is 382 g/mol. The molecule has 0 amide bonds. The van der Waals surface area contributed by atoms with Crippen molar-refractivity contribution in [1.82, 2.24) is 4.98 Å². The molecule has 0 aliphatic heterocycles. The van der Waals surface area contributed by atoms with Crippen molar-refractivity contribution in [3.63, 3.8) is 0 Å². The zero-order valence-electron chi connectivity index (χ0n) is 16.0. The number of fused-ring (bicyclic) bond motifs is 1. The monoisotopic (exact) mass is 382 g/mol. The third-order valence-corrected chi connectivity index (χ3v) is 4.90. The lowest BCUT2D eigenvalue weighted by Crippen LogP contribution is -2.13. The molecule has 5 nitrogen and oxygen atoms in total. The minimum Gasteiger partial charge on any atom is -0.497 e. The van der Waals surface area contributed by atoms with E-state index in [1.54, 1.807) is 32.4 Å². The van der Waals surface area contributed by atoms with Crippen molar-refractivity contribution >= 4 is 10.8 Å². The molecule has 4 rings (SSSR count). The number of benzene rings is 3. The van der Waals surface area contributed by atoms with Crippen molar-refractivity contribution < 1.29 is 9.47 Å². The van der Waals surface area contributed by atoms with Crippen LogP contribution in [0.3, 0.4) is 0 Å². The maximum absolute atomic E-state index is 12.7. The van der Waals surface area contributed by atoms with E-state index in [0.29, 0.717) is 28.3 Å². The Morgan fingerprint density at radius 1 is 0.862 bits per heavy atom. The lowest BCUT2D eigenvalue weighted by molar-refractivity contribution is 0.395. The normalized spacial score (nSPS) is 10.5. The summed E-state index contributed by atoms with van der Waals surface area (Å²) in [5.74, 6) is 1.15. The predicted molar refractivity (Wildman–Crippen MR) is 113 cm³/mol. The number of nitriles is 1. The summed E-state index contributed by atoms with van der Waals surface area (Å²) in [5, 5.41) is 11.8. The van der Waals surface area contributed by atoms with E-state index < -0.39 is 5.56 Å². The van der Waals surface area contributed by atoms with Gasteiger partial charge in [0.1, 0.15) is 23.1 Å². The highest BCUT2D eigenvalue weighted by Crippen LogP contribution is 2.36. The van der Waals surface area contributed by atoms with E-state index in [-0.39, 0.29) is 5.56 Å². The van der Waals surface area contributed by atoms with Gasteiger partial charge in [0.25, 0.3) is 5.56 Å². The van der Waals surface area contributed by atoms with Gasteiger partial charge in [-0.05, 0) is 40.6 Å². The third kappa shape index (κ3) is 3.32. The molecule has 1 aromatic heterocycles. The Kier molecular flexibility index (Phi) is 4.76. The van der Waals surface area contributed by atoms with E-state index in [4.69, 9.17) is 9.47 Å². The van der Waals surface area contributed by atoms with Crippen molar-refractivity contribution in [1.29, 1.82) is 5.26 Å². The van der Waals surface area contributed by atoms with Crippen LogP contribution in [0.25, 0.3) is 33.2 Å². The van der Waals surface area contributed by atoms with Crippen LogP contribution in [0.4, 0.5) is 0 Å². The Bertz CT molecular complexity index is 1320. The number of H-pyrrole nitrogens is 1. The number of aromatic nitrogens is 1. The van der Waals surface area contributed by atoms with Crippen molar-refractivity contribution in [2.75, 3.05) is 14.2 Å². The minimum atomic E-state index is -0.439. The highest BCUT2D eigenvalue weighted by Gasteiger charge is 2.16. The first-order valence-corrected chi connectivity index (χ1v) is 9.03. The fourth-order valence-corrected chi connectivity index (χ4v) is 3.42. The highest BCUT2D eigenvalue weighted by atomic mass is 16.5. The first kappa shape index (κ1) is 18.3. The second-order valence-electron chi connectivity index (χ2n) is 6.54. The lowest BCUT2D eigenvalue weighted by Gasteiger charge is -2.13. The summed E-state index contributed by atoms with van der Waals surface area (Å²) in [5.41, 5.74) is 2.26. The largest absolute Gasteiger partial charge is 0.497 e. The van der Waals surface area contributed by atoms with Gasteiger partial charge in [-0.15, -0.1) is 0 Å². The second kappa shape index (κ2) is 7.53. The van der Waals surface area contributed by atoms with Crippen molar-refractivity contribution in [2.24, 2.45) is 0 Å². The van der Waals surface area contributed by atoms with Crippen LogP contribution in [0.5, 0.6) is 11.5 Å². The predicted octanol–water partition coefficient (Wildman–Crippen LogP) is 4.75. The Balaban J connectivity index is 1.94. The summed E-state index contributed by atoms with van der Waals surface area (Å²) in [7, 11) is 3.11. The molecule has 5 heteroatoms. The highest BCUT2D eigenvalue weighted by molar-refractivity contribution is 5.88. The topological polar surface area (TPSA) is 75.1 Å². The van der Waals surface area contributed by atoms with E-state index in [9.17, 15) is 10.1 Å². The fourth-order valence-electron chi connectivity index (χ4n) is 3.42. The maximum atomic E-state index is 12.7. The Morgan fingerprint density at radius 3 is 2.38 bits per heavy atom. The van der Waals surface area contributed by atoms with Gasteiger partial charge < -0.3 is 14.5 Å². The van der Waals surface area contributed by atoms with Gasteiger partial charge in [0.15, 0.2) is 0 Å². The number of nitrogens with one attached hydrogen (secondary N) is 1. The van der Waals surface area contributed by atoms with Gasteiger partial charge >= 0.3 is 0 Å². The fraction of sp³-hybridized carbons (Fsp3) is 0.0833. The van der Waals surface area contributed by atoms with E-state index >= 15 is 0 Å². The SMILES string of the molecule is COc1ccc(-c2cc(-c3ccc4ccccc4c3)[nH]c(=O)c2C#N)c(OC)c1. The molecule has 0 atom stereocenters. The molecule has 0 saturated heterocycles. The molecule has 3 aromatic carbocycles. The Morgan fingerprint density at radius 2 is 1.66 bits per heavy atom. The Labute approximate surface area is 167 Å². The van der Waals surface area contributed by atoms with E-state index in [1.807, 2.05) is 54.6 Å². The van der Waals surface area contributed by atoms with Crippen LogP contribution >= 0.6 is 0 Å². The number of aromatic amines is 1. The van der Waals surface area contributed by atoms with Crippen molar-refractivity contribution in [3.8, 4) is 40.0 Å². The van der Waals surface area contributed by atoms with Gasteiger partial charge in [-0.25, -0.2) is 0 Å². The van der Waals surface area contributed by atoms with Gasteiger partial charge in [0.2, 0.25) is 0 Å². The van der Waals surface area contributed by atoms with Gasteiger partial charge in [0, 0.05) is 22.9 Å². The molecule has 1 heterocycles. The smallest absolute Gasteiger partial charge is 0.266 e. The van der Waals surface area contributed by atoms with Gasteiger partial charge in [-0.2, -0.15) is 5.26 Å². The second-order valence-corrected chi connectivity index (χ2v) is 6.54. The van der Waals surface area contributed by atoms with Crippen LogP contribution in [0.2, 0.25) is 0 Å². The lowest BCUT2D eigenvalue weighted by atomic mass is 9.97. The minimum absolute atomic E-state index is 0.0398. The Hall–Kier alpha value is -4.04. The first-order chi connectivity index (χ1) is 14.1. The zero-order chi connectivity index (χ0) is 20.4. The van der Waals surface area contributed by atoms with Gasteiger partial charge in [-0.3, -0.25) is 4.79 Å². The third-order valence-electron chi connectivity index (χ3n) is 4.90. The summed E-state index contributed by atoms with van der Waals surface area (Å²) in [4.78, 5) is 15.5. The molecule has 29 heavy (non-hydrogen) atoms. The van der Waals surface area contributed by atoms with Crippen LogP contribution in [-0.4, -0.2) is 19.2 Å². The summed E-state index contributed by atoms with van der Waals surface area (Å²) in [6.07, 6.45) is 0. The first-order valence-electron chi connectivity index (χ1n) is 9.03. The summed E-state index contributed by atoms with van der Waals surface area (Å²) in [6, 6.07) is 23.1. The van der Waals surface area contributed by atoms with E-state index in [1.165, 1.54) is 0 Å². The quantitative estimate of drug-likeness (QED) is 0.553. The van der Waals surface area contributed by atoms with Crippen LogP contribution in [0.1, 0.15) is 5.56 Å². The number of nitrogens with zero attached hydrogens (tertiary/aromatic N) is 1. The summed E-state index contributed by atoms with van der Waals surface area (Å²) in [6.45, 7) is 0. The molecule has 142 valence electrons. The van der Waals surface area contributed by atoms with E-state index in [2.05, 4.69) is 4.98 Å². The summed E-state index contributed by atoms with van der Waals surface area (Å²) < 4.78 is 10.7. The number of pyridine rings is 1. The number of rotatable bonds is 4. The van der Waals surface area contributed by atoms with Gasteiger partial charge in [0.05, 0.1) is 14.2 Å². The standard InChI is InChI=1S/C24H18N2O3/c1-28-18-9-10-19(23(12-18)29-2)20-13-22(26-24(27)21(20)14-25)17-8-7-15-5-3-4-6-16(15)11-17/h3-13H,1-2H3,(H,26,27). The number of hydrogen-bond acceptors (Lipinski definition) is 4. The molecule has 0 spiro atoms. The van der Waals surface area contributed by atoms with Crippen LogP contribution < -0.4 is 15.0 Å². The number of methoxy groups -OCH3 is 2. The molecule has 0 bridgehead atoms. The van der Waals surface area contributed by atoms with Crippen molar-refractivity contribution in [2.45, 2.75) is 0 Å². The molecule has 0 unspecified atom stereocenters.